The highest BCUT2D eigenvalue weighted by Gasteiger charge is 2.76. The molecule has 0 aromatic carbocycles. The van der Waals surface area contributed by atoms with Crippen LogP contribution in [0.15, 0.2) is 0 Å². The molecule has 170 valence electrons. The number of nitrogens with one attached hydrogen (secondary N) is 2. The van der Waals surface area contributed by atoms with Gasteiger partial charge < -0.3 is 25.4 Å². The zero-order chi connectivity index (χ0) is 22.3. The van der Waals surface area contributed by atoms with E-state index in [2.05, 4.69) is 26.6 Å². The van der Waals surface area contributed by atoms with Gasteiger partial charge in [-0.25, -0.2) is 0 Å². The highest BCUT2D eigenvalue weighted by atomic mass is 79.9. The van der Waals surface area contributed by atoms with Gasteiger partial charge in [0.05, 0.1) is 17.9 Å². The molecular weight excluding hydrogens is 454 g/mol. The van der Waals surface area contributed by atoms with Crippen molar-refractivity contribution >= 4 is 33.7 Å². The van der Waals surface area contributed by atoms with E-state index in [-0.39, 0.29) is 29.2 Å². The van der Waals surface area contributed by atoms with Crippen molar-refractivity contribution in [3.63, 3.8) is 0 Å². The molecule has 3 saturated heterocycles. The van der Waals surface area contributed by atoms with Gasteiger partial charge in [0.15, 0.2) is 0 Å². The molecule has 0 aromatic heterocycles. The minimum absolute atomic E-state index is 0.0273. The van der Waals surface area contributed by atoms with Gasteiger partial charge in [0.1, 0.15) is 11.6 Å². The Labute approximate surface area is 186 Å². The number of alkyl halides is 1. The first-order chi connectivity index (χ1) is 14.1. The lowest BCUT2D eigenvalue weighted by atomic mass is 9.70. The molecule has 6 atom stereocenters. The largest absolute Gasteiger partial charge is 0.396 e. The summed E-state index contributed by atoms with van der Waals surface area (Å²) >= 11 is 3.65. The summed E-state index contributed by atoms with van der Waals surface area (Å²) in [4.78, 5) is 41.4. The maximum Gasteiger partial charge on any atom is 0.246 e. The maximum absolute atomic E-state index is 13.5. The fourth-order valence-corrected chi connectivity index (χ4v) is 6.11. The van der Waals surface area contributed by atoms with Gasteiger partial charge in [-0.3, -0.25) is 14.4 Å². The Morgan fingerprint density at radius 3 is 2.60 bits per heavy atom. The molecule has 30 heavy (non-hydrogen) atoms. The van der Waals surface area contributed by atoms with Crippen molar-refractivity contribution in [2.24, 2.45) is 11.8 Å². The summed E-state index contributed by atoms with van der Waals surface area (Å²) in [5.74, 6) is -1.91. The zero-order valence-electron chi connectivity index (χ0n) is 18.2. The fraction of sp³-hybridized carbons (Fsp3) is 0.857. The van der Waals surface area contributed by atoms with Gasteiger partial charge in [0, 0.05) is 30.1 Å². The summed E-state index contributed by atoms with van der Waals surface area (Å²) in [7, 11) is 0. The highest BCUT2D eigenvalue weighted by Crippen LogP contribution is 2.60. The predicted octanol–water partition coefficient (Wildman–Crippen LogP) is 0.948. The number of aliphatic hydroxyl groups is 1. The van der Waals surface area contributed by atoms with Crippen molar-refractivity contribution in [1.29, 1.82) is 0 Å². The topological polar surface area (TPSA) is 108 Å². The zero-order valence-corrected chi connectivity index (χ0v) is 19.8. The van der Waals surface area contributed by atoms with Gasteiger partial charge in [0.2, 0.25) is 17.7 Å². The first kappa shape index (κ1) is 23.5. The predicted molar refractivity (Wildman–Crippen MR) is 115 cm³/mol. The molecule has 3 aliphatic heterocycles. The number of hydrogen-bond donors (Lipinski definition) is 3. The summed E-state index contributed by atoms with van der Waals surface area (Å²) in [6.07, 6.45) is 2.00. The summed E-state index contributed by atoms with van der Waals surface area (Å²) < 4.78 is 6.38. The van der Waals surface area contributed by atoms with Crippen molar-refractivity contribution in [1.82, 2.24) is 15.5 Å². The third-order valence-corrected chi connectivity index (χ3v) is 7.04. The van der Waals surface area contributed by atoms with Crippen molar-refractivity contribution in [3.8, 4) is 0 Å². The molecule has 2 bridgehead atoms. The van der Waals surface area contributed by atoms with Gasteiger partial charge in [0.25, 0.3) is 0 Å². The van der Waals surface area contributed by atoms with Crippen molar-refractivity contribution in [3.05, 3.63) is 0 Å². The van der Waals surface area contributed by atoms with E-state index in [1.165, 1.54) is 0 Å². The first-order valence-electron chi connectivity index (χ1n) is 10.9. The molecular formula is C21H34BrN3O5. The lowest BCUT2D eigenvalue weighted by molar-refractivity contribution is -0.142. The van der Waals surface area contributed by atoms with Crippen LogP contribution in [0, 0.1) is 11.8 Å². The lowest BCUT2D eigenvalue weighted by Crippen LogP contribution is -2.58. The number of carbonyl (C=O) groups is 3. The van der Waals surface area contributed by atoms with Crippen LogP contribution in [0.25, 0.3) is 0 Å². The van der Waals surface area contributed by atoms with E-state index >= 15 is 0 Å². The minimum Gasteiger partial charge on any atom is -0.396 e. The SMILES string of the molecule is CCCNC(=O)[C@H]1[C@H]2C(=O)N(CCCCO)C(C(=O)NC(C)(C)C)C23CC(Br)[C@@H]1O3. The van der Waals surface area contributed by atoms with Crippen LogP contribution in [0.3, 0.4) is 0 Å². The molecule has 1 spiro atoms. The van der Waals surface area contributed by atoms with Gasteiger partial charge in [-0.15, -0.1) is 0 Å². The van der Waals surface area contributed by atoms with Crippen molar-refractivity contribution < 1.29 is 24.2 Å². The van der Waals surface area contributed by atoms with Crippen LogP contribution in [0.5, 0.6) is 0 Å². The number of fused-ring (bicyclic) bond motifs is 1. The molecule has 3 N–H and O–H groups in total. The molecule has 3 heterocycles. The number of rotatable bonds is 8. The van der Waals surface area contributed by atoms with Crippen LogP contribution in [0.2, 0.25) is 0 Å². The average Bonchev–Trinajstić information content (AvgIpc) is 3.22. The first-order valence-corrected chi connectivity index (χ1v) is 11.8. The number of carbonyl (C=O) groups excluding carboxylic acids is 3. The van der Waals surface area contributed by atoms with Gasteiger partial charge in [-0.1, -0.05) is 22.9 Å². The number of hydrogen-bond acceptors (Lipinski definition) is 5. The molecule has 3 aliphatic rings. The third kappa shape index (κ3) is 4.00. The van der Waals surface area contributed by atoms with Gasteiger partial charge in [-0.05, 0) is 46.5 Å². The molecule has 9 heteroatoms. The molecule has 3 unspecified atom stereocenters. The number of amides is 3. The molecule has 3 rings (SSSR count). The normalized spacial score (nSPS) is 34.9. The second-order valence-corrected chi connectivity index (χ2v) is 10.8. The van der Waals surface area contributed by atoms with E-state index in [1.54, 1.807) is 4.90 Å². The number of unbranched alkanes of at least 4 members (excludes halogenated alkanes) is 1. The summed E-state index contributed by atoms with van der Waals surface area (Å²) in [5.41, 5.74) is -1.48. The van der Waals surface area contributed by atoms with Crippen LogP contribution in [0.1, 0.15) is 53.4 Å². The molecule has 0 aliphatic carbocycles. The summed E-state index contributed by atoms with van der Waals surface area (Å²) in [5, 5.41) is 15.1. The fourth-order valence-electron chi connectivity index (χ4n) is 5.17. The smallest absolute Gasteiger partial charge is 0.246 e. The Morgan fingerprint density at radius 1 is 1.30 bits per heavy atom. The number of nitrogens with zero attached hydrogens (tertiary/aromatic N) is 1. The van der Waals surface area contributed by atoms with E-state index in [9.17, 15) is 14.4 Å². The number of aliphatic hydroxyl groups excluding tert-OH is 1. The summed E-state index contributed by atoms with van der Waals surface area (Å²) in [6, 6.07) is -0.790. The van der Waals surface area contributed by atoms with E-state index in [4.69, 9.17) is 9.84 Å². The van der Waals surface area contributed by atoms with Crippen LogP contribution >= 0.6 is 15.9 Å². The monoisotopic (exact) mass is 487 g/mol. The molecule has 3 amide bonds. The Bertz CT molecular complexity index is 697. The molecule has 8 nitrogen and oxygen atoms in total. The number of likely N-dealkylation sites (tertiary alicyclic amines) is 1. The molecule has 0 radical (unpaired) electrons. The third-order valence-electron chi connectivity index (χ3n) is 6.19. The number of ether oxygens (including phenoxy) is 1. The standard InChI is InChI=1S/C21H34BrN3O5/c1-5-8-23-17(27)13-14-19(29)25(9-6-7-10-26)16(18(28)24-20(2,3)4)21(14)11-12(22)15(13)30-21/h12-16,26H,5-11H2,1-4H3,(H,23,27)(H,24,28)/t12?,13-,14-,15-,16?,21?/m0/s1. The average molecular weight is 488 g/mol. The van der Waals surface area contributed by atoms with Crippen molar-refractivity contribution in [2.75, 3.05) is 19.7 Å². The quantitative estimate of drug-likeness (QED) is 0.348. The summed E-state index contributed by atoms with van der Waals surface area (Å²) in [6.45, 7) is 8.58. The van der Waals surface area contributed by atoms with E-state index in [1.807, 2.05) is 27.7 Å². The minimum atomic E-state index is -1.02. The Balaban J connectivity index is 1.97. The van der Waals surface area contributed by atoms with E-state index in [0.717, 1.165) is 6.42 Å². The van der Waals surface area contributed by atoms with Crippen LogP contribution < -0.4 is 10.6 Å². The second kappa shape index (κ2) is 8.74. The highest BCUT2D eigenvalue weighted by molar-refractivity contribution is 9.09. The Kier molecular flexibility index (Phi) is 6.84. The van der Waals surface area contributed by atoms with Gasteiger partial charge in [-0.2, -0.15) is 0 Å². The second-order valence-electron chi connectivity index (χ2n) is 9.66. The molecule has 0 aromatic rings. The molecule has 3 fully saturated rings. The van der Waals surface area contributed by atoms with Crippen LogP contribution in [-0.2, 0) is 19.1 Å². The maximum atomic E-state index is 13.5. The Morgan fingerprint density at radius 2 is 2.00 bits per heavy atom. The van der Waals surface area contributed by atoms with E-state index < -0.39 is 35.1 Å². The van der Waals surface area contributed by atoms with Crippen molar-refractivity contribution in [2.45, 2.75) is 81.5 Å². The van der Waals surface area contributed by atoms with E-state index in [0.29, 0.717) is 32.4 Å². The van der Waals surface area contributed by atoms with Crippen LogP contribution in [0.4, 0.5) is 0 Å². The lowest BCUT2D eigenvalue weighted by Gasteiger charge is -2.36. The Hall–Kier alpha value is -1.19. The van der Waals surface area contributed by atoms with Crippen LogP contribution in [-0.4, -0.2) is 75.5 Å². The van der Waals surface area contributed by atoms with Gasteiger partial charge >= 0.3 is 0 Å². The molecule has 0 saturated carbocycles. The number of halogens is 1.